The van der Waals surface area contributed by atoms with Gasteiger partial charge < -0.3 is 0 Å². The lowest BCUT2D eigenvalue weighted by Gasteiger charge is -2.16. The van der Waals surface area contributed by atoms with Gasteiger partial charge in [-0.15, -0.1) is 11.8 Å². The standard InChI is InChI=1S/C22H23NO2S/c1-6-26-20-19(17-9-7-13(2)15(4)11-17)21(24)23(22(20)25)18-10-8-14(3)16(5)12-18/h7-12H,6H2,1-5H3. The van der Waals surface area contributed by atoms with Crippen molar-refractivity contribution < 1.29 is 9.59 Å². The zero-order valence-corrected chi connectivity index (χ0v) is 16.7. The molecule has 0 saturated carbocycles. The molecule has 2 amide bonds. The van der Waals surface area contributed by atoms with Gasteiger partial charge in [0, 0.05) is 0 Å². The number of hydrogen-bond donors (Lipinski definition) is 0. The Balaban J connectivity index is 2.12. The predicted octanol–water partition coefficient (Wildman–Crippen LogP) is 4.96. The van der Waals surface area contributed by atoms with E-state index in [1.54, 1.807) is 0 Å². The van der Waals surface area contributed by atoms with Crippen molar-refractivity contribution in [3.63, 3.8) is 0 Å². The van der Waals surface area contributed by atoms with Crippen molar-refractivity contribution >= 4 is 34.8 Å². The van der Waals surface area contributed by atoms with Gasteiger partial charge in [0.05, 0.1) is 16.2 Å². The average Bonchev–Trinajstić information content (AvgIpc) is 2.84. The fraction of sp³-hybridized carbons (Fsp3) is 0.273. The normalized spacial score (nSPS) is 14.6. The van der Waals surface area contributed by atoms with Gasteiger partial charge in [0.25, 0.3) is 11.8 Å². The molecule has 2 aromatic rings. The number of imide groups is 1. The molecule has 3 nitrogen and oxygen atoms in total. The topological polar surface area (TPSA) is 37.4 Å². The van der Waals surface area contributed by atoms with Crippen molar-refractivity contribution in [3.05, 3.63) is 69.1 Å². The average molecular weight is 365 g/mol. The molecule has 134 valence electrons. The van der Waals surface area contributed by atoms with Crippen LogP contribution in [0.4, 0.5) is 5.69 Å². The molecule has 2 aromatic carbocycles. The van der Waals surface area contributed by atoms with E-state index in [2.05, 4.69) is 0 Å². The third-order valence-corrected chi connectivity index (χ3v) is 5.83. The zero-order valence-electron chi connectivity index (χ0n) is 15.8. The lowest BCUT2D eigenvalue weighted by atomic mass is 10.0. The van der Waals surface area contributed by atoms with Crippen LogP contribution in [0.25, 0.3) is 5.57 Å². The number of hydrogen-bond acceptors (Lipinski definition) is 3. The van der Waals surface area contributed by atoms with Crippen molar-refractivity contribution in [1.82, 2.24) is 0 Å². The number of nitrogens with zero attached hydrogens (tertiary/aromatic N) is 1. The number of carbonyl (C=O) groups excluding carboxylic acids is 2. The van der Waals surface area contributed by atoms with Gasteiger partial charge in [-0.1, -0.05) is 31.2 Å². The van der Waals surface area contributed by atoms with Gasteiger partial charge >= 0.3 is 0 Å². The molecule has 0 aromatic heterocycles. The zero-order chi connectivity index (χ0) is 19.0. The molecule has 0 N–H and O–H groups in total. The van der Waals surface area contributed by atoms with Crippen LogP contribution in [0.2, 0.25) is 0 Å². The summed E-state index contributed by atoms with van der Waals surface area (Å²) in [4.78, 5) is 28.1. The van der Waals surface area contributed by atoms with E-state index in [9.17, 15) is 9.59 Å². The summed E-state index contributed by atoms with van der Waals surface area (Å²) in [6.45, 7) is 10.1. The Hall–Kier alpha value is -2.33. The predicted molar refractivity (Wildman–Crippen MR) is 109 cm³/mol. The summed E-state index contributed by atoms with van der Waals surface area (Å²) < 4.78 is 0. The number of carbonyl (C=O) groups is 2. The molecule has 26 heavy (non-hydrogen) atoms. The van der Waals surface area contributed by atoms with E-state index < -0.39 is 0 Å². The van der Waals surface area contributed by atoms with Gasteiger partial charge in [-0.2, -0.15) is 0 Å². The monoisotopic (exact) mass is 365 g/mol. The fourth-order valence-corrected chi connectivity index (χ4v) is 3.89. The summed E-state index contributed by atoms with van der Waals surface area (Å²) in [7, 11) is 0. The Bertz CT molecular complexity index is 943. The minimum Gasteiger partial charge on any atom is -0.268 e. The summed E-state index contributed by atoms with van der Waals surface area (Å²) in [5, 5.41) is 0. The highest BCUT2D eigenvalue weighted by molar-refractivity contribution is 8.04. The van der Waals surface area contributed by atoms with E-state index in [1.807, 2.05) is 71.0 Å². The van der Waals surface area contributed by atoms with E-state index in [4.69, 9.17) is 0 Å². The Morgan fingerprint density at radius 3 is 2.00 bits per heavy atom. The highest BCUT2D eigenvalue weighted by atomic mass is 32.2. The third kappa shape index (κ3) is 3.10. The largest absolute Gasteiger partial charge is 0.272 e. The van der Waals surface area contributed by atoms with E-state index in [1.165, 1.54) is 22.2 Å². The molecule has 0 spiro atoms. The van der Waals surface area contributed by atoms with E-state index in [0.717, 1.165) is 28.0 Å². The number of amides is 2. The summed E-state index contributed by atoms with van der Waals surface area (Å²) in [6, 6.07) is 11.6. The van der Waals surface area contributed by atoms with Crippen LogP contribution < -0.4 is 4.90 Å². The molecule has 0 atom stereocenters. The number of aryl methyl sites for hydroxylation is 4. The maximum absolute atomic E-state index is 13.2. The highest BCUT2D eigenvalue weighted by Gasteiger charge is 2.40. The lowest BCUT2D eigenvalue weighted by Crippen LogP contribution is -2.31. The highest BCUT2D eigenvalue weighted by Crippen LogP contribution is 2.39. The van der Waals surface area contributed by atoms with Gasteiger partial charge in [0.15, 0.2) is 0 Å². The first-order chi connectivity index (χ1) is 12.3. The molecule has 0 aliphatic carbocycles. The Morgan fingerprint density at radius 2 is 1.42 bits per heavy atom. The number of rotatable bonds is 4. The molecule has 0 fully saturated rings. The van der Waals surface area contributed by atoms with Crippen LogP contribution in [-0.2, 0) is 9.59 Å². The third-order valence-electron chi connectivity index (χ3n) is 4.87. The van der Waals surface area contributed by atoms with Gasteiger partial charge in [0.2, 0.25) is 0 Å². The molecule has 0 unspecified atom stereocenters. The quantitative estimate of drug-likeness (QED) is 0.719. The van der Waals surface area contributed by atoms with E-state index >= 15 is 0 Å². The van der Waals surface area contributed by atoms with Crippen LogP contribution in [0.15, 0.2) is 41.3 Å². The smallest absolute Gasteiger partial charge is 0.268 e. The first-order valence-electron chi connectivity index (χ1n) is 8.76. The van der Waals surface area contributed by atoms with Gasteiger partial charge in [-0.3, -0.25) is 9.59 Å². The molecule has 0 radical (unpaired) electrons. The summed E-state index contributed by atoms with van der Waals surface area (Å²) in [5.74, 6) is 0.277. The summed E-state index contributed by atoms with van der Waals surface area (Å²) in [6.07, 6.45) is 0. The van der Waals surface area contributed by atoms with Crippen molar-refractivity contribution in [3.8, 4) is 0 Å². The van der Waals surface area contributed by atoms with Crippen LogP contribution in [0.3, 0.4) is 0 Å². The van der Waals surface area contributed by atoms with Crippen LogP contribution in [0.1, 0.15) is 34.7 Å². The second-order valence-electron chi connectivity index (χ2n) is 6.65. The Kier molecular flexibility index (Phi) is 5.05. The van der Waals surface area contributed by atoms with Gasteiger partial charge in [-0.25, -0.2) is 4.90 Å². The van der Waals surface area contributed by atoms with Crippen LogP contribution in [-0.4, -0.2) is 17.6 Å². The minimum absolute atomic E-state index is 0.224. The lowest BCUT2D eigenvalue weighted by molar-refractivity contribution is -0.119. The Morgan fingerprint density at radius 1 is 0.808 bits per heavy atom. The van der Waals surface area contributed by atoms with Gasteiger partial charge in [0.1, 0.15) is 0 Å². The second kappa shape index (κ2) is 7.12. The number of thioether (sulfide) groups is 1. The molecule has 1 aliphatic heterocycles. The van der Waals surface area contributed by atoms with Crippen molar-refractivity contribution in [1.29, 1.82) is 0 Å². The second-order valence-corrected chi connectivity index (χ2v) is 7.92. The number of anilines is 1. The Labute approximate surface area is 159 Å². The van der Waals surface area contributed by atoms with E-state index in [-0.39, 0.29) is 11.8 Å². The van der Waals surface area contributed by atoms with Crippen molar-refractivity contribution in [2.45, 2.75) is 34.6 Å². The summed E-state index contributed by atoms with van der Waals surface area (Å²) in [5.41, 5.74) is 6.45. The van der Waals surface area contributed by atoms with Gasteiger partial charge in [-0.05, 0) is 73.4 Å². The maximum Gasteiger partial charge on any atom is 0.272 e. The van der Waals surface area contributed by atoms with Crippen LogP contribution in [0.5, 0.6) is 0 Å². The van der Waals surface area contributed by atoms with E-state index in [0.29, 0.717) is 16.2 Å². The number of benzene rings is 2. The summed E-state index contributed by atoms with van der Waals surface area (Å²) >= 11 is 1.44. The van der Waals surface area contributed by atoms with Crippen LogP contribution in [0, 0.1) is 27.7 Å². The van der Waals surface area contributed by atoms with Crippen molar-refractivity contribution in [2.24, 2.45) is 0 Å². The molecule has 0 bridgehead atoms. The molecular formula is C22H23NO2S. The molecule has 0 saturated heterocycles. The molecule has 3 rings (SSSR count). The SMILES string of the molecule is CCSC1=C(c2ccc(C)c(C)c2)C(=O)N(c2ccc(C)c(C)c2)C1=O. The maximum atomic E-state index is 13.2. The first kappa shape index (κ1) is 18.5. The van der Waals surface area contributed by atoms with Crippen LogP contribution >= 0.6 is 11.8 Å². The molecule has 1 aliphatic rings. The minimum atomic E-state index is -0.238. The molecule has 1 heterocycles. The fourth-order valence-electron chi connectivity index (χ4n) is 3.04. The molecular weight excluding hydrogens is 342 g/mol. The first-order valence-corrected chi connectivity index (χ1v) is 9.74. The van der Waals surface area contributed by atoms with Crippen molar-refractivity contribution in [2.75, 3.05) is 10.7 Å². The molecule has 4 heteroatoms.